The van der Waals surface area contributed by atoms with Gasteiger partial charge >= 0.3 is 0 Å². The molecule has 0 fully saturated rings. The molecule has 1 aromatic rings. The first kappa shape index (κ1) is 11.8. The van der Waals surface area contributed by atoms with E-state index in [1.165, 1.54) is 12.1 Å². The molecule has 0 radical (unpaired) electrons. The molecule has 92 valence electrons. The number of rotatable bonds is 3. The van der Waals surface area contributed by atoms with Crippen molar-refractivity contribution < 1.29 is 8.78 Å². The number of hydrogen-bond acceptors (Lipinski definition) is 3. The Balaban J connectivity index is 1.85. The van der Waals surface area contributed by atoms with Gasteiger partial charge in [-0.1, -0.05) is 0 Å². The topological polar surface area (TPSA) is 27.6 Å². The largest absolute Gasteiger partial charge is 0.356 e. The molecule has 0 aromatic heterocycles. The van der Waals surface area contributed by atoms with Gasteiger partial charge in [0.1, 0.15) is 11.6 Å². The summed E-state index contributed by atoms with van der Waals surface area (Å²) in [6.45, 7) is 2.33. The van der Waals surface area contributed by atoms with E-state index in [9.17, 15) is 8.78 Å². The van der Waals surface area contributed by atoms with E-state index in [1.807, 2.05) is 11.9 Å². The van der Waals surface area contributed by atoms with Crippen molar-refractivity contribution in [1.29, 1.82) is 0 Å². The van der Waals surface area contributed by atoms with E-state index in [-0.39, 0.29) is 0 Å². The van der Waals surface area contributed by atoms with Crippen molar-refractivity contribution in [3.8, 4) is 0 Å². The molecule has 0 aliphatic carbocycles. The van der Waals surface area contributed by atoms with E-state index in [2.05, 4.69) is 10.3 Å². The van der Waals surface area contributed by atoms with Crippen molar-refractivity contribution in [2.75, 3.05) is 26.7 Å². The van der Waals surface area contributed by atoms with Crippen molar-refractivity contribution in [3.05, 3.63) is 35.4 Å². The van der Waals surface area contributed by atoms with Gasteiger partial charge in [-0.3, -0.25) is 4.99 Å². The summed E-state index contributed by atoms with van der Waals surface area (Å²) < 4.78 is 25.9. The molecule has 0 atom stereocenters. The minimum atomic E-state index is -0.532. The Labute approximate surface area is 99.2 Å². The summed E-state index contributed by atoms with van der Waals surface area (Å²) in [5, 5.41) is 3.15. The summed E-state index contributed by atoms with van der Waals surface area (Å²) in [6.07, 6.45) is 0.571. The second-order valence-corrected chi connectivity index (χ2v) is 4.08. The van der Waals surface area contributed by atoms with E-state index in [1.54, 1.807) is 0 Å². The maximum Gasteiger partial charge on any atom is 0.193 e. The lowest BCUT2D eigenvalue weighted by molar-refractivity contribution is 0.534. The molecule has 1 aliphatic heterocycles. The first-order valence-electron chi connectivity index (χ1n) is 5.59. The molecular formula is C12H15F2N3. The van der Waals surface area contributed by atoms with Crippen molar-refractivity contribution in [1.82, 2.24) is 10.2 Å². The minimum Gasteiger partial charge on any atom is -0.356 e. The molecule has 0 amide bonds. The van der Waals surface area contributed by atoms with Gasteiger partial charge in [-0.2, -0.15) is 0 Å². The molecule has 0 saturated heterocycles. The third kappa shape index (κ3) is 3.15. The highest BCUT2D eigenvalue weighted by atomic mass is 19.1. The zero-order valence-corrected chi connectivity index (χ0v) is 9.71. The minimum absolute atomic E-state index is 0.532. The molecule has 0 bridgehead atoms. The van der Waals surface area contributed by atoms with Crippen LogP contribution in [0.25, 0.3) is 0 Å². The van der Waals surface area contributed by atoms with Crippen LogP contribution in [0.3, 0.4) is 0 Å². The van der Waals surface area contributed by atoms with Crippen LogP contribution in [-0.4, -0.2) is 37.5 Å². The lowest BCUT2D eigenvalue weighted by atomic mass is 10.1. The Kier molecular flexibility index (Phi) is 3.56. The first-order valence-corrected chi connectivity index (χ1v) is 5.59. The van der Waals surface area contributed by atoms with Gasteiger partial charge in [0.2, 0.25) is 0 Å². The van der Waals surface area contributed by atoms with Crippen molar-refractivity contribution in [2.24, 2.45) is 4.99 Å². The number of nitrogens with one attached hydrogen (secondary N) is 1. The second-order valence-electron chi connectivity index (χ2n) is 4.08. The molecular weight excluding hydrogens is 224 g/mol. The normalized spacial score (nSPS) is 15.0. The Bertz CT molecular complexity index is 412. The van der Waals surface area contributed by atoms with Crippen LogP contribution >= 0.6 is 0 Å². The van der Waals surface area contributed by atoms with Gasteiger partial charge in [0.15, 0.2) is 5.96 Å². The molecule has 1 N–H and O–H groups in total. The molecule has 2 rings (SSSR count). The average molecular weight is 239 g/mol. The molecule has 3 nitrogen and oxygen atoms in total. The summed E-state index contributed by atoms with van der Waals surface area (Å²) in [5.74, 6) is -0.215. The number of guanidine groups is 1. The third-order valence-corrected chi connectivity index (χ3v) is 2.68. The van der Waals surface area contributed by atoms with E-state index in [0.717, 1.165) is 25.1 Å². The lowest BCUT2D eigenvalue weighted by Crippen LogP contribution is -2.36. The van der Waals surface area contributed by atoms with Gasteiger partial charge in [-0.25, -0.2) is 8.78 Å². The van der Waals surface area contributed by atoms with Crippen LogP contribution in [0.2, 0.25) is 0 Å². The first-order chi connectivity index (χ1) is 8.15. The predicted molar refractivity (Wildman–Crippen MR) is 63.0 cm³/mol. The molecule has 1 aromatic carbocycles. The molecule has 1 heterocycles. The van der Waals surface area contributed by atoms with Gasteiger partial charge in [-0.05, 0) is 24.1 Å². The zero-order valence-electron chi connectivity index (χ0n) is 9.71. The van der Waals surface area contributed by atoms with Gasteiger partial charge in [0.05, 0.1) is 6.54 Å². The molecule has 0 spiro atoms. The Morgan fingerprint density at radius 3 is 2.59 bits per heavy atom. The lowest BCUT2D eigenvalue weighted by Gasteiger charge is -2.15. The number of halogens is 2. The van der Waals surface area contributed by atoms with Crippen LogP contribution in [0.4, 0.5) is 8.78 Å². The summed E-state index contributed by atoms with van der Waals surface area (Å²) in [7, 11) is 1.96. The van der Waals surface area contributed by atoms with Crippen LogP contribution in [-0.2, 0) is 6.42 Å². The fourth-order valence-electron chi connectivity index (χ4n) is 1.80. The molecule has 0 saturated carbocycles. The predicted octanol–water partition coefficient (Wildman–Crippen LogP) is 1.40. The highest BCUT2D eigenvalue weighted by molar-refractivity contribution is 5.81. The SMILES string of the molecule is CN1CCN=C1NCCc1cc(F)cc(F)c1. The van der Waals surface area contributed by atoms with Crippen molar-refractivity contribution in [2.45, 2.75) is 6.42 Å². The highest BCUT2D eigenvalue weighted by Gasteiger charge is 2.11. The summed E-state index contributed by atoms with van der Waals surface area (Å²) >= 11 is 0. The van der Waals surface area contributed by atoms with Crippen LogP contribution in [0.15, 0.2) is 23.2 Å². The van der Waals surface area contributed by atoms with Gasteiger partial charge in [0.25, 0.3) is 0 Å². The second kappa shape index (κ2) is 5.12. The van der Waals surface area contributed by atoms with E-state index in [0.29, 0.717) is 18.5 Å². The Hall–Kier alpha value is -1.65. The van der Waals surface area contributed by atoms with Gasteiger partial charge < -0.3 is 10.2 Å². The van der Waals surface area contributed by atoms with E-state index < -0.39 is 11.6 Å². The van der Waals surface area contributed by atoms with Crippen LogP contribution < -0.4 is 5.32 Å². The number of likely N-dealkylation sites (N-methyl/N-ethyl adjacent to an activating group) is 1. The summed E-state index contributed by atoms with van der Waals surface area (Å²) in [5.41, 5.74) is 0.649. The van der Waals surface area contributed by atoms with E-state index in [4.69, 9.17) is 0 Å². The quantitative estimate of drug-likeness (QED) is 0.863. The maximum atomic E-state index is 12.9. The zero-order chi connectivity index (χ0) is 12.3. The van der Waals surface area contributed by atoms with Gasteiger partial charge in [-0.15, -0.1) is 0 Å². The maximum absolute atomic E-state index is 12.9. The molecule has 0 unspecified atom stereocenters. The summed E-state index contributed by atoms with van der Waals surface area (Å²) in [4.78, 5) is 6.29. The average Bonchev–Trinajstić information content (AvgIpc) is 2.63. The Morgan fingerprint density at radius 2 is 2.00 bits per heavy atom. The van der Waals surface area contributed by atoms with Crippen molar-refractivity contribution in [3.63, 3.8) is 0 Å². The number of aliphatic imine (C=N–C) groups is 1. The molecule has 17 heavy (non-hydrogen) atoms. The van der Waals surface area contributed by atoms with Crippen LogP contribution in [0.1, 0.15) is 5.56 Å². The third-order valence-electron chi connectivity index (χ3n) is 2.68. The standard InChI is InChI=1S/C12H15F2N3/c1-17-5-4-16-12(17)15-3-2-9-6-10(13)8-11(14)7-9/h6-8H,2-5H2,1H3,(H,15,16). The smallest absolute Gasteiger partial charge is 0.193 e. The van der Waals surface area contributed by atoms with Crippen LogP contribution in [0.5, 0.6) is 0 Å². The van der Waals surface area contributed by atoms with Gasteiger partial charge in [0, 0.05) is 26.2 Å². The monoisotopic (exact) mass is 239 g/mol. The van der Waals surface area contributed by atoms with E-state index >= 15 is 0 Å². The number of hydrogen-bond donors (Lipinski definition) is 1. The molecule has 5 heteroatoms. The number of benzene rings is 1. The van der Waals surface area contributed by atoms with Crippen molar-refractivity contribution >= 4 is 5.96 Å². The Morgan fingerprint density at radius 1 is 1.29 bits per heavy atom. The van der Waals surface area contributed by atoms with Crippen LogP contribution in [0, 0.1) is 11.6 Å². The highest BCUT2D eigenvalue weighted by Crippen LogP contribution is 2.08. The number of nitrogens with zero attached hydrogens (tertiary/aromatic N) is 2. The fraction of sp³-hybridized carbons (Fsp3) is 0.417. The summed E-state index contributed by atoms with van der Waals surface area (Å²) in [6, 6.07) is 3.58. The molecule has 1 aliphatic rings. The fourth-order valence-corrected chi connectivity index (χ4v) is 1.80.